The Morgan fingerprint density at radius 3 is 2.31 bits per heavy atom. The summed E-state index contributed by atoms with van der Waals surface area (Å²) in [4.78, 5) is 17.1. The molecule has 0 amide bonds. The topological polar surface area (TPSA) is 38.8 Å². The summed E-state index contributed by atoms with van der Waals surface area (Å²) in [5.41, 5.74) is -1.92. The summed E-state index contributed by atoms with van der Waals surface area (Å²) in [6.45, 7) is 0. The van der Waals surface area contributed by atoms with Gasteiger partial charge in [-0.25, -0.2) is 4.79 Å². The number of rotatable bonds is 4. The number of carbonyl (C=O) groups is 1. The molecule has 4 nitrogen and oxygen atoms in total. The predicted molar refractivity (Wildman–Crippen MR) is 106 cm³/mol. The van der Waals surface area contributed by atoms with Gasteiger partial charge in [0.05, 0.1) is 24.2 Å². The van der Waals surface area contributed by atoms with Crippen LogP contribution in [0, 0.1) is 0 Å². The molecule has 1 heterocycles. The fraction of sp³-hybridized carbons (Fsp3) is 0.316. The Hall–Kier alpha value is -1.32. The van der Waals surface area contributed by atoms with Crippen molar-refractivity contribution in [3.8, 4) is 0 Å². The highest BCUT2D eigenvalue weighted by atomic mass is 79.9. The average molecular weight is 513 g/mol. The van der Waals surface area contributed by atoms with Gasteiger partial charge in [0.1, 0.15) is 0 Å². The number of hydrogen-bond acceptors (Lipinski definition) is 4. The molecule has 156 valence electrons. The van der Waals surface area contributed by atoms with E-state index >= 15 is 0 Å². The standard InChI is InChI=1S/C19H15BrCl2F3NO3/c1-28-17(27)12-4-2-11(3-5-12)16-9-18(19(23,24)25,29-26(16)10-20)13-6-14(21)8-15(22)7-13/h2-8,16H,9-10H2,1H3. The maximum atomic E-state index is 14.3. The first-order valence-corrected chi connectivity index (χ1v) is 10.2. The summed E-state index contributed by atoms with van der Waals surface area (Å²) in [6.07, 6.45) is -5.15. The first-order valence-electron chi connectivity index (χ1n) is 8.34. The molecule has 1 fully saturated rings. The van der Waals surface area contributed by atoms with E-state index in [0.29, 0.717) is 11.1 Å². The minimum Gasteiger partial charge on any atom is -0.465 e. The SMILES string of the molecule is COC(=O)c1ccc(C2CC(c3cc(Cl)cc(Cl)c3)(C(F)(F)F)ON2CBr)cc1. The quantitative estimate of drug-likeness (QED) is 0.275. The molecule has 2 atom stereocenters. The van der Waals surface area contributed by atoms with Crippen LogP contribution in [0.2, 0.25) is 10.0 Å². The molecule has 0 bridgehead atoms. The monoisotopic (exact) mass is 511 g/mol. The van der Waals surface area contributed by atoms with E-state index in [2.05, 4.69) is 20.7 Å². The lowest BCUT2D eigenvalue weighted by Gasteiger charge is -2.31. The minimum atomic E-state index is -4.73. The molecule has 3 rings (SSSR count). The zero-order valence-electron chi connectivity index (χ0n) is 15.0. The van der Waals surface area contributed by atoms with Crippen LogP contribution in [0.25, 0.3) is 0 Å². The van der Waals surface area contributed by atoms with E-state index in [0.717, 1.165) is 0 Å². The van der Waals surface area contributed by atoms with Crippen molar-refractivity contribution in [2.75, 3.05) is 12.6 Å². The van der Waals surface area contributed by atoms with Crippen molar-refractivity contribution in [1.29, 1.82) is 0 Å². The van der Waals surface area contributed by atoms with Crippen LogP contribution >= 0.6 is 39.1 Å². The number of halogens is 6. The highest BCUT2D eigenvalue weighted by Crippen LogP contribution is 2.55. The number of hydroxylamine groups is 2. The van der Waals surface area contributed by atoms with Crippen molar-refractivity contribution in [2.45, 2.75) is 24.2 Å². The van der Waals surface area contributed by atoms with E-state index in [-0.39, 0.29) is 21.1 Å². The maximum absolute atomic E-state index is 14.3. The molecule has 2 aromatic carbocycles. The van der Waals surface area contributed by atoms with Gasteiger partial charge in [0, 0.05) is 16.5 Å². The van der Waals surface area contributed by atoms with E-state index < -0.39 is 30.2 Å². The number of esters is 1. The van der Waals surface area contributed by atoms with Crippen LogP contribution in [0.5, 0.6) is 0 Å². The largest absolute Gasteiger partial charge is 0.465 e. The summed E-state index contributed by atoms with van der Waals surface area (Å²) in [7, 11) is 1.25. The molecule has 1 aliphatic rings. The molecule has 0 saturated carbocycles. The van der Waals surface area contributed by atoms with E-state index in [1.165, 1.54) is 42.5 Å². The van der Waals surface area contributed by atoms with Gasteiger partial charge in [-0.2, -0.15) is 18.2 Å². The molecule has 10 heteroatoms. The van der Waals surface area contributed by atoms with Crippen molar-refractivity contribution in [2.24, 2.45) is 0 Å². The molecule has 29 heavy (non-hydrogen) atoms. The lowest BCUT2D eigenvalue weighted by molar-refractivity contribution is -0.323. The Kier molecular flexibility index (Phi) is 6.50. The van der Waals surface area contributed by atoms with Gasteiger partial charge in [0.2, 0.25) is 5.60 Å². The van der Waals surface area contributed by atoms with Crippen LogP contribution < -0.4 is 0 Å². The molecule has 0 aromatic heterocycles. The van der Waals surface area contributed by atoms with Gasteiger partial charge < -0.3 is 4.74 Å². The smallest absolute Gasteiger partial charge is 0.423 e. The van der Waals surface area contributed by atoms with E-state index in [1.54, 1.807) is 12.1 Å². The second kappa shape index (κ2) is 8.43. The van der Waals surface area contributed by atoms with Gasteiger partial charge in [-0.15, -0.1) is 0 Å². The number of alkyl halides is 4. The third-order valence-corrected chi connectivity index (χ3v) is 5.65. The van der Waals surface area contributed by atoms with Crippen LogP contribution in [0.1, 0.15) is 33.9 Å². The van der Waals surface area contributed by atoms with Crippen molar-refractivity contribution in [1.82, 2.24) is 5.06 Å². The molecule has 2 aromatic rings. The van der Waals surface area contributed by atoms with Gasteiger partial charge in [-0.05, 0) is 41.5 Å². The van der Waals surface area contributed by atoms with Crippen LogP contribution in [0.3, 0.4) is 0 Å². The van der Waals surface area contributed by atoms with Crippen LogP contribution in [0.4, 0.5) is 13.2 Å². The van der Waals surface area contributed by atoms with E-state index in [1.807, 2.05) is 0 Å². The Balaban J connectivity index is 2.04. The van der Waals surface area contributed by atoms with Crippen LogP contribution in [-0.2, 0) is 15.2 Å². The molecular formula is C19H15BrCl2F3NO3. The summed E-state index contributed by atoms with van der Waals surface area (Å²) in [6, 6.07) is 9.18. The lowest BCUT2D eigenvalue weighted by Crippen LogP contribution is -2.43. The molecule has 1 saturated heterocycles. The Morgan fingerprint density at radius 1 is 1.24 bits per heavy atom. The highest BCUT2D eigenvalue weighted by Gasteiger charge is 2.64. The van der Waals surface area contributed by atoms with Gasteiger partial charge in [-0.3, -0.25) is 4.84 Å². The number of nitrogens with zero attached hydrogens (tertiary/aromatic N) is 1. The number of ether oxygens (including phenoxy) is 1. The van der Waals surface area contributed by atoms with Crippen LogP contribution in [-0.4, -0.2) is 29.8 Å². The molecule has 1 aliphatic heterocycles. The molecule has 0 radical (unpaired) electrons. The summed E-state index contributed by atoms with van der Waals surface area (Å²) < 4.78 is 47.4. The highest BCUT2D eigenvalue weighted by molar-refractivity contribution is 9.09. The van der Waals surface area contributed by atoms with E-state index in [9.17, 15) is 18.0 Å². The van der Waals surface area contributed by atoms with Crippen LogP contribution in [0.15, 0.2) is 42.5 Å². The number of benzene rings is 2. The van der Waals surface area contributed by atoms with Gasteiger partial charge in [-0.1, -0.05) is 51.3 Å². The average Bonchev–Trinajstić information content (AvgIpc) is 3.08. The lowest BCUT2D eigenvalue weighted by atomic mass is 9.85. The fourth-order valence-corrected chi connectivity index (χ4v) is 4.29. The third-order valence-electron chi connectivity index (χ3n) is 4.72. The first-order chi connectivity index (χ1) is 13.6. The molecule has 0 spiro atoms. The number of hydrogen-bond donors (Lipinski definition) is 0. The summed E-state index contributed by atoms with van der Waals surface area (Å²) in [5.74, 6) is -0.533. The third kappa shape index (κ3) is 4.27. The molecule has 2 unspecified atom stereocenters. The van der Waals surface area contributed by atoms with Crippen molar-refractivity contribution >= 4 is 45.1 Å². The van der Waals surface area contributed by atoms with Crippen molar-refractivity contribution in [3.05, 3.63) is 69.2 Å². The molecule has 0 N–H and O–H groups in total. The second-order valence-electron chi connectivity index (χ2n) is 6.44. The second-order valence-corrected chi connectivity index (χ2v) is 7.82. The van der Waals surface area contributed by atoms with Crippen molar-refractivity contribution in [3.63, 3.8) is 0 Å². The molecular weight excluding hydrogens is 498 g/mol. The predicted octanol–water partition coefficient (Wildman–Crippen LogP) is 6.27. The van der Waals surface area contributed by atoms with E-state index in [4.69, 9.17) is 28.0 Å². The Morgan fingerprint density at radius 2 is 1.83 bits per heavy atom. The zero-order valence-corrected chi connectivity index (χ0v) is 18.1. The van der Waals surface area contributed by atoms with Gasteiger partial charge >= 0.3 is 12.1 Å². The van der Waals surface area contributed by atoms with Crippen molar-refractivity contribution < 1.29 is 27.5 Å². The first kappa shape index (κ1) is 22.4. The minimum absolute atomic E-state index is 0.0303. The van der Waals surface area contributed by atoms with Gasteiger partial charge in [0.15, 0.2) is 0 Å². The number of methoxy groups -OCH3 is 1. The maximum Gasteiger partial charge on any atom is 0.423 e. The Bertz CT molecular complexity index is 890. The summed E-state index contributed by atoms with van der Waals surface area (Å²) in [5, 5.41) is 1.36. The fourth-order valence-electron chi connectivity index (χ4n) is 3.31. The zero-order chi connectivity index (χ0) is 21.4. The van der Waals surface area contributed by atoms with Gasteiger partial charge in [0.25, 0.3) is 0 Å². The Labute approximate surface area is 183 Å². The normalized spacial score (nSPS) is 22.7. The molecule has 0 aliphatic carbocycles. The summed E-state index contributed by atoms with van der Waals surface area (Å²) >= 11 is 15.1. The number of carbonyl (C=O) groups excluding carboxylic acids is 1.